The van der Waals surface area contributed by atoms with Crippen LogP contribution in [0.15, 0.2) is 71.6 Å². The Morgan fingerprint density at radius 3 is 2.55 bits per heavy atom. The van der Waals surface area contributed by atoms with Gasteiger partial charge >= 0.3 is 6.18 Å². The molecule has 29 heavy (non-hydrogen) atoms. The Hall–Kier alpha value is -3.22. The fourth-order valence-electron chi connectivity index (χ4n) is 2.58. The predicted octanol–water partition coefficient (Wildman–Crippen LogP) is 5.58. The average molecular weight is 402 g/mol. The highest BCUT2D eigenvalue weighted by Gasteiger charge is 2.29. The zero-order valence-electron chi connectivity index (χ0n) is 15.4. The van der Waals surface area contributed by atoms with Gasteiger partial charge in [-0.05, 0) is 41.8 Å². The maximum atomic E-state index is 12.5. The minimum Gasteiger partial charge on any atom is -0.508 e. The molecule has 0 spiro atoms. The number of halogens is 3. The van der Waals surface area contributed by atoms with Crippen molar-refractivity contribution in [1.82, 2.24) is 0 Å². The number of phenols is 1. The van der Waals surface area contributed by atoms with Crippen LogP contribution in [-0.4, -0.2) is 11.3 Å². The first-order valence-electron chi connectivity index (χ1n) is 8.91. The molecular formula is C22H19F3NO3. The fourth-order valence-corrected chi connectivity index (χ4v) is 2.58. The van der Waals surface area contributed by atoms with E-state index in [4.69, 9.17) is 9.57 Å². The highest BCUT2D eigenvalue weighted by molar-refractivity contribution is 5.63. The standard InChI is InChI=1S/C22H19F3NO3/c23-22(24,25)18-9-6-16(7-10-18)15-28-26-13-12-17-8-11-20(14-21(17)27)29-19-4-2-1-3-5-19/h1-2,4-11,13-14,27H,3,12,15H2. The predicted molar refractivity (Wildman–Crippen MR) is 103 cm³/mol. The molecule has 3 rings (SSSR count). The molecule has 1 N–H and O–H groups in total. The van der Waals surface area contributed by atoms with E-state index in [0.717, 1.165) is 24.3 Å². The lowest BCUT2D eigenvalue weighted by atomic mass is 10.1. The Kier molecular flexibility index (Phi) is 6.59. The first-order valence-corrected chi connectivity index (χ1v) is 8.91. The molecular weight excluding hydrogens is 383 g/mol. The van der Waals surface area contributed by atoms with Gasteiger partial charge in [0.2, 0.25) is 0 Å². The Morgan fingerprint density at radius 1 is 1.10 bits per heavy atom. The lowest BCUT2D eigenvalue weighted by Gasteiger charge is -2.12. The van der Waals surface area contributed by atoms with Crippen LogP contribution in [0.2, 0.25) is 0 Å². The van der Waals surface area contributed by atoms with Crippen molar-refractivity contribution in [2.24, 2.45) is 5.16 Å². The van der Waals surface area contributed by atoms with Gasteiger partial charge < -0.3 is 14.7 Å². The van der Waals surface area contributed by atoms with Gasteiger partial charge in [0.1, 0.15) is 23.9 Å². The number of nitrogens with zero attached hydrogens (tertiary/aromatic N) is 1. The van der Waals surface area contributed by atoms with Crippen LogP contribution < -0.4 is 4.74 Å². The molecule has 2 aromatic rings. The number of hydrogen-bond donors (Lipinski definition) is 1. The van der Waals surface area contributed by atoms with Crippen molar-refractivity contribution in [2.45, 2.75) is 25.6 Å². The number of benzene rings is 2. The lowest BCUT2D eigenvalue weighted by Crippen LogP contribution is -2.04. The van der Waals surface area contributed by atoms with Gasteiger partial charge in [-0.2, -0.15) is 13.2 Å². The molecule has 1 aliphatic carbocycles. The van der Waals surface area contributed by atoms with Crippen LogP contribution in [0.25, 0.3) is 0 Å². The van der Waals surface area contributed by atoms with Crippen molar-refractivity contribution in [1.29, 1.82) is 0 Å². The number of ether oxygens (including phenoxy) is 1. The molecule has 0 amide bonds. The summed E-state index contributed by atoms with van der Waals surface area (Å²) in [6, 6.07) is 9.70. The first-order chi connectivity index (χ1) is 13.9. The first kappa shape index (κ1) is 20.5. The molecule has 4 nitrogen and oxygen atoms in total. The Bertz CT molecular complexity index is 916. The summed E-state index contributed by atoms with van der Waals surface area (Å²) in [5.41, 5.74) is 0.505. The molecule has 0 saturated carbocycles. The third-order valence-corrected chi connectivity index (χ3v) is 4.12. The van der Waals surface area contributed by atoms with Gasteiger partial charge in [0.05, 0.1) is 5.56 Å². The highest BCUT2D eigenvalue weighted by Crippen LogP contribution is 2.29. The lowest BCUT2D eigenvalue weighted by molar-refractivity contribution is -0.137. The monoisotopic (exact) mass is 402 g/mol. The third kappa shape index (κ3) is 6.14. The number of rotatable bonds is 7. The van der Waals surface area contributed by atoms with E-state index in [2.05, 4.69) is 5.16 Å². The fraction of sp³-hybridized carbons (Fsp3) is 0.182. The van der Waals surface area contributed by atoms with Gasteiger partial charge in [-0.15, -0.1) is 0 Å². The summed E-state index contributed by atoms with van der Waals surface area (Å²) < 4.78 is 43.2. The van der Waals surface area contributed by atoms with Crippen molar-refractivity contribution in [3.63, 3.8) is 0 Å². The van der Waals surface area contributed by atoms with Crippen LogP contribution in [-0.2, 0) is 24.0 Å². The molecule has 1 radical (unpaired) electrons. The number of alkyl halides is 3. The van der Waals surface area contributed by atoms with E-state index < -0.39 is 11.7 Å². The number of hydrogen-bond acceptors (Lipinski definition) is 4. The van der Waals surface area contributed by atoms with Gasteiger partial charge in [0.25, 0.3) is 0 Å². The molecule has 0 aliphatic heterocycles. The number of aromatic hydroxyl groups is 1. The summed E-state index contributed by atoms with van der Waals surface area (Å²) in [6.07, 6.45) is 5.94. The molecule has 151 valence electrons. The van der Waals surface area contributed by atoms with Crippen LogP contribution in [0, 0.1) is 6.42 Å². The van der Waals surface area contributed by atoms with E-state index in [1.165, 1.54) is 24.4 Å². The second kappa shape index (κ2) is 9.32. The highest BCUT2D eigenvalue weighted by atomic mass is 19.4. The summed E-state index contributed by atoms with van der Waals surface area (Å²) in [5, 5.41) is 13.9. The molecule has 7 heteroatoms. The van der Waals surface area contributed by atoms with Crippen LogP contribution >= 0.6 is 0 Å². The normalized spacial score (nSPS) is 14.1. The van der Waals surface area contributed by atoms with Crippen LogP contribution in [0.5, 0.6) is 11.5 Å². The maximum Gasteiger partial charge on any atom is 0.416 e. The van der Waals surface area contributed by atoms with E-state index in [1.54, 1.807) is 12.1 Å². The molecule has 2 aromatic carbocycles. The zero-order valence-corrected chi connectivity index (χ0v) is 15.4. The molecule has 0 saturated heterocycles. The zero-order chi connectivity index (χ0) is 20.7. The second-order valence-electron chi connectivity index (χ2n) is 6.29. The average Bonchev–Trinajstić information content (AvgIpc) is 2.70. The van der Waals surface area contributed by atoms with Crippen molar-refractivity contribution >= 4 is 6.21 Å². The Balaban J connectivity index is 1.47. The van der Waals surface area contributed by atoms with Crippen LogP contribution in [0.1, 0.15) is 23.1 Å². The van der Waals surface area contributed by atoms with E-state index >= 15 is 0 Å². The maximum absolute atomic E-state index is 12.5. The molecule has 0 unspecified atom stereocenters. The summed E-state index contributed by atoms with van der Waals surface area (Å²) in [7, 11) is 0. The molecule has 0 fully saturated rings. The van der Waals surface area contributed by atoms with E-state index in [0.29, 0.717) is 23.3 Å². The van der Waals surface area contributed by atoms with Crippen LogP contribution in [0.3, 0.4) is 0 Å². The summed E-state index contributed by atoms with van der Waals surface area (Å²) in [5.74, 6) is 1.32. The summed E-state index contributed by atoms with van der Waals surface area (Å²) in [6.45, 7) is 0.0491. The van der Waals surface area contributed by atoms with Crippen molar-refractivity contribution in [3.05, 3.63) is 89.6 Å². The van der Waals surface area contributed by atoms with Crippen molar-refractivity contribution in [2.75, 3.05) is 0 Å². The SMILES string of the molecule is Oc1cc(OC2=CC=CC[CH]2)ccc1CC=NOCc1ccc(C(F)(F)F)cc1. The van der Waals surface area contributed by atoms with Gasteiger partial charge in [0, 0.05) is 25.1 Å². The van der Waals surface area contributed by atoms with Crippen molar-refractivity contribution in [3.8, 4) is 11.5 Å². The number of oxime groups is 1. The smallest absolute Gasteiger partial charge is 0.416 e. The summed E-state index contributed by atoms with van der Waals surface area (Å²) >= 11 is 0. The number of phenolic OH excluding ortho intramolecular Hbond substituents is 1. The van der Waals surface area contributed by atoms with Crippen molar-refractivity contribution < 1.29 is 27.9 Å². The third-order valence-electron chi connectivity index (χ3n) is 4.12. The molecule has 0 atom stereocenters. The molecule has 0 aromatic heterocycles. The molecule has 1 aliphatic rings. The van der Waals surface area contributed by atoms with Gasteiger partial charge in [-0.3, -0.25) is 0 Å². The largest absolute Gasteiger partial charge is 0.508 e. The van der Waals surface area contributed by atoms with Crippen LogP contribution in [0.4, 0.5) is 13.2 Å². The van der Waals surface area contributed by atoms with Gasteiger partial charge in [0.15, 0.2) is 0 Å². The topological polar surface area (TPSA) is 51.0 Å². The Labute approximate surface area is 166 Å². The second-order valence-corrected chi connectivity index (χ2v) is 6.29. The minimum atomic E-state index is -4.36. The summed E-state index contributed by atoms with van der Waals surface area (Å²) in [4.78, 5) is 5.09. The van der Waals surface area contributed by atoms with E-state index in [9.17, 15) is 18.3 Å². The van der Waals surface area contributed by atoms with E-state index in [-0.39, 0.29) is 12.4 Å². The van der Waals surface area contributed by atoms with E-state index in [1.807, 2.05) is 24.6 Å². The quantitative estimate of drug-likeness (QED) is 0.486. The Morgan fingerprint density at radius 2 is 1.90 bits per heavy atom. The molecule has 0 heterocycles. The van der Waals surface area contributed by atoms with Gasteiger partial charge in [-0.1, -0.05) is 35.5 Å². The molecule has 0 bridgehead atoms. The van der Waals surface area contributed by atoms with Gasteiger partial charge in [-0.25, -0.2) is 0 Å². The number of allylic oxidation sites excluding steroid dienone is 4. The minimum absolute atomic E-state index is 0.0491.